The van der Waals surface area contributed by atoms with E-state index in [1.165, 1.54) is 30.5 Å². The van der Waals surface area contributed by atoms with Crippen LogP contribution in [0.1, 0.15) is 12.0 Å². The van der Waals surface area contributed by atoms with Gasteiger partial charge in [-0.1, -0.05) is 0 Å². The predicted octanol–water partition coefficient (Wildman–Crippen LogP) is 3.69. The topological polar surface area (TPSA) is 97.6 Å². The fourth-order valence-corrected chi connectivity index (χ4v) is 5.25. The summed E-state index contributed by atoms with van der Waals surface area (Å²) in [6, 6.07) is 1.66. The SMILES string of the molecule is N#Cc1ccc(N2C(=O)[C@H]3C4C[C@H](CN4C(=O)C(F)(F)C(F)(F)C(F)(F)C(F)(F)F)N3C2=O)c2cccnc12. The summed E-state index contributed by atoms with van der Waals surface area (Å²) < 4.78 is 121. The number of urea groups is 1. The van der Waals surface area contributed by atoms with Crippen molar-refractivity contribution in [3.63, 3.8) is 0 Å². The van der Waals surface area contributed by atoms with Crippen molar-refractivity contribution in [1.82, 2.24) is 14.8 Å². The van der Waals surface area contributed by atoms with Gasteiger partial charge in [0, 0.05) is 18.1 Å². The molecule has 0 N–H and O–H groups in total. The van der Waals surface area contributed by atoms with Crippen molar-refractivity contribution in [2.75, 3.05) is 11.4 Å². The van der Waals surface area contributed by atoms with E-state index in [1.807, 2.05) is 6.07 Å². The molecule has 3 atom stereocenters. The molecule has 3 aliphatic rings. The highest BCUT2D eigenvalue weighted by molar-refractivity contribution is 6.25. The second-order valence-electron chi connectivity index (χ2n) is 9.09. The Morgan fingerprint density at radius 2 is 1.67 bits per heavy atom. The Hall–Kier alpha value is -4.10. The number of alkyl halides is 9. The number of fused-ring (bicyclic) bond motifs is 6. The molecule has 1 aromatic carbocycles. The molecule has 1 aromatic heterocycles. The monoisotopic (exact) mass is 565 g/mol. The van der Waals surface area contributed by atoms with E-state index in [0.717, 1.165) is 4.90 Å². The Morgan fingerprint density at radius 3 is 2.28 bits per heavy atom. The van der Waals surface area contributed by atoms with Gasteiger partial charge >= 0.3 is 30.0 Å². The molecule has 4 heterocycles. The molecule has 1 unspecified atom stereocenters. The van der Waals surface area contributed by atoms with E-state index in [2.05, 4.69) is 4.98 Å². The largest absolute Gasteiger partial charge is 0.460 e. The highest BCUT2D eigenvalue weighted by Crippen LogP contribution is 2.54. The first-order valence-electron chi connectivity index (χ1n) is 10.9. The van der Waals surface area contributed by atoms with E-state index < -0.39 is 66.5 Å². The second-order valence-corrected chi connectivity index (χ2v) is 9.09. The zero-order valence-corrected chi connectivity index (χ0v) is 18.9. The average molecular weight is 565 g/mol. The van der Waals surface area contributed by atoms with Crippen molar-refractivity contribution in [3.05, 3.63) is 36.0 Å². The number of likely N-dealkylation sites (tertiary alicyclic amines) is 1. The number of rotatable bonds is 4. The molecule has 0 saturated carbocycles. The van der Waals surface area contributed by atoms with E-state index in [0.29, 0.717) is 4.90 Å². The maximum absolute atomic E-state index is 14.4. The normalized spacial score (nSPS) is 23.6. The molecule has 0 aliphatic carbocycles. The third-order valence-corrected chi connectivity index (χ3v) is 7.05. The van der Waals surface area contributed by atoms with Crippen molar-refractivity contribution in [1.29, 1.82) is 5.26 Å². The second kappa shape index (κ2) is 7.96. The summed E-state index contributed by atoms with van der Waals surface area (Å²) in [6.07, 6.45) is -6.15. The molecule has 5 rings (SSSR count). The number of hydrogen-bond donors (Lipinski definition) is 0. The number of carbonyl (C=O) groups excluding carboxylic acids is 3. The lowest BCUT2D eigenvalue weighted by Gasteiger charge is -2.39. The lowest BCUT2D eigenvalue weighted by Crippen LogP contribution is -2.67. The minimum absolute atomic E-state index is 0.0562. The minimum Gasteiger partial charge on any atom is -0.330 e. The van der Waals surface area contributed by atoms with E-state index in [1.54, 1.807) is 0 Å². The molecular weight excluding hydrogens is 553 g/mol. The van der Waals surface area contributed by atoms with Gasteiger partial charge in [0.2, 0.25) is 0 Å². The highest BCUT2D eigenvalue weighted by Gasteiger charge is 2.84. The zero-order valence-electron chi connectivity index (χ0n) is 18.9. The number of nitriles is 1. The molecule has 4 amide bonds. The fraction of sp³-hybridized carbons (Fsp3) is 0.409. The van der Waals surface area contributed by atoms with Gasteiger partial charge in [0.1, 0.15) is 12.1 Å². The molecule has 3 fully saturated rings. The summed E-state index contributed by atoms with van der Waals surface area (Å²) in [5.41, 5.74) is 0.127. The van der Waals surface area contributed by atoms with Gasteiger partial charge in [-0.05, 0) is 30.7 Å². The van der Waals surface area contributed by atoms with Crippen LogP contribution in [0.5, 0.6) is 0 Å². The number of nitrogens with zero attached hydrogens (tertiary/aromatic N) is 5. The number of aromatic nitrogens is 1. The highest BCUT2D eigenvalue weighted by atomic mass is 19.4. The molecule has 3 aliphatic heterocycles. The average Bonchev–Trinajstić information content (AvgIpc) is 3.53. The van der Waals surface area contributed by atoms with Crippen LogP contribution < -0.4 is 4.90 Å². The Morgan fingerprint density at radius 1 is 1.00 bits per heavy atom. The molecule has 8 nitrogen and oxygen atoms in total. The van der Waals surface area contributed by atoms with Crippen molar-refractivity contribution in [2.24, 2.45) is 0 Å². The summed E-state index contributed by atoms with van der Waals surface area (Å²) in [4.78, 5) is 44.4. The Bertz CT molecular complexity index is 1470. The maximum Gasteiger partial charge on any atom is 0.460 e. The van der Waals surface area contributed by atoms with Gasteiger partial charge in [-0.3, -0.25) is 14.6 Å². The molecule has 39 heavy (non-hydrogen) atoms. The number of anilines is 1. The van der Waals surface area contributed by atoms with Crippen LogP contribution in [0.25, 0.3) is 10.9 Å². The van der Waals surface area contributed by atoms with Gasteiger partial charge in [-0.2, -0.15) is 44.8 Å². The van der Waals surface area contributed by atoms with E-state index in [4.69, 9.17) is 0 Å². The van der Waals surface area contributed by atoms with Crippen LogP contribution in [-0.2, 0) is 9.59 Å². The van der Waals surface area contributed by atoms with Gasteiger partial charge < -0.3 is 9.80 Å². The van der Waals surface area contributed by atoms with Gasteiger partial charge in [-0.15, -0.1) is 0 Å². The maximum atomic E-state index is 14.4. The van der Waals surface area contributed by atoms with Gasteiger partial charge in [0.25, 0.3) is 11.8 Å². The van der Waals surface area contributed by atoms with E-state index in [-0.39, 0.29) is 33.5 Å². The lowest BCUT2D eigenvalue weighted by molar-refractivity contribution is -0.389. The predicted molar refractivity (Wildman–Crippen MR) is 110 cm³/mol. The summed E-state index contributed by atoms with van der Waals surface area (Å²) in [6.45, 7) is -0.911. The van der Waals surface area contributed by atoms with Crippen molar-refractivity contribution < 1.29 is 53.9 Å². The smallest absolute Gasteiger partial charge is 0.330 e. The summed E-state index contributed by atoms with van der Waals surface area (Å²) >= 11 is 0. The first-order valence-corrected chi connectivity index (χ1v) is 10.9. The third-order valence-electron chi connectivity index (χ3n) is 7.05. The van der Waals surface area contributed by atoms with Crippen molar-refractivity contribution >= 4 is 34.4 Å². The number of halogens is 9. The number of piperazine rings is 1. The Balaban J connectivity index is 1.48. The van der Waals surface area contributed by atoms with Crippen molar-refractivity contribution in [3.8, 4) is 6.07 Å². The lowest BCUT2D eigenvalue weighted by atomic mass is 10.0. The Labute approximate surface area is 211 Å². The van der Waals surface area contributed by atoms with Gasteiger partial charge in [-0.25, -0.2) is 9.69 Å². The van der Waals surface area contributed by atoms with Crippen LogP contribution in [-0.4, -0.2) is 81.2 Å². The molecule has 2 bridgehead atoms. The van der Waals surface area contributed by atoms with Crippen LogP contribution in [0, 0.1) is 11.3 Å². The number of amides is 4. The molecular formula is C22H12F9N5O3. The first-order chi connectivity index (χ1) is 18.0. The minimum atomic E-state index is -7.26. The fourth-order valence-electron chi connectivity index (χ4n) is 5.25. The number of imide groups is 1. The summed E-state index contributed by atoms with van der Waals surface area (Å²) in [7, 11) is 0. The van der Waals surface area contributed by atoms with Gasteiger partial charge in [0.05, 0.1) is 28.9 Å². The summed E-state index contributed by atoms with van der Waals surface area (Å²) in [5.74, 6) is -25.1. The van der Waals surface area contributed by atoms with E-state index in [9.17, 15) is 59.2 Å². The number of benzene rings is 1. The van der Waals surface area contributed by atoms with Crippen LogP contribution in [0.2, 0.25) is 0 Å². The van der Waals surface area contributed by atoms with Gasteiger partial charge in [0.15, 0.2) is 0 Å². The first kappa shape index (κ1) is 26.5. The molecule has 206 valence electrons. The number of pyridine rings is 1. The number of carbonyl (C=O) groups is 3. The zero-order chi connectivity index (χ0) is 28.9. The third kappa shape index (κ3) is 3.26. The van der Waals surface area contributed by atoms with Crippen LogP contribution in [0.3, 0.4) is 0 Å². The summed E-state index contributed by atoms with van der Waals surface area (Å²) in [5, 5.41) is 9.46. The molecule has 3 saturated heterocycles. The van der Waals surface area contributed by atoms with E-state index >= 15 is 0 Å². The molecule has 17 heteroatoms. The number of hydrogen-bond acceptors (Lipinski definition) is 5. The van der Waals surface area contributed by atoms with Crippen LogP contribution in [0.4, 0.5) is 50.0 Å². The van der Waals surface area contributed by atoms with Crippen LogP contribution >= 0.6 is 0 Å². The van der Waals surface area contributed by atoms with Crippen molar-refractivity contribution in [2.45, 2.75) is 48.5 Å². The molecule has 2 aromatic rings. The molecule has 0 radical (unpaired) electrons. The molecule has 0 spiro atoms. The Kier molecular flexibility index (Phi) is 5.41. The standard InChI is InChI=1S/C22H12F9N5O3/c23-19(24,20(25,26)21(27,28)22(29,30)31)17(38)34-8-10-6-13(34)15-16(37)36(18(39)35(10)15)12-4-3-9(7-32)14-11(12)2-1-5-33-14/h1-5,10,13,15H,6,8H2/t10-,13?,15-/m1/s1. The van der Waals surface area contributed by atoms with Crippen LogP contribution in [0.15, 0.2) is 30.5 Å². The quantitative estimate of drug-likeness (QED) is 0.416.